The number of carboxylic acid groups (broad SMARTS) is 1. The fourth-order valence-corrected chi connectivity index (χ4v) is 3.05. The van der Waals surface area contributed by atoms with E-state index in [0.29, 0.717) is 6.08 Å². The van der Waals surface area contributed by atoms with Crippen LogP contribution in [0, 0.1) is 5.82 Å². The summed E-state index contributed by atoms with van der Waals surface area (Å²) in [5, 5.41) is 11.7. The number of aromatic carboxylic acids is 1. The lowest BCUT2D eigenvalue weighted by Crippen LogP contribution is -2.21. The Morgan fingerprint density at radius 2 is 1.63 bits per heavy atom. The topological polar surface area (TPSA) is 105 Å². The second-order valence-electron chi connectivity index (χ2n) is 7.07. The summed E-state index contributed by atoms with van der Waals surface area (Å²) in [7, 11) is 0. The highest BCUT2D eigenvalue weighted by Gasteiger charge is 2.31. The fraction of sp³-hybridized carbons (Fsp3) is 0.0417. The van der Waals surface area contributed by atoms with E-state index in [2.05, 4.69) is 10.3 Å². The van der Waals surface area contributed by atoms with E-state index in [0.717, 1.165) is 18.2 Å². The standard InChI is InChI=1S/C24H16ClF4N3O3/c25-17-3-1-2-4-18(17)31-19(12-21(30)24(27,28)29)13-5-7-14(8-6-13)22(33)32-20-11-15(26)9-10-16(20)23(34)35/h1-12H,30H2,(H,32,33)(H,34,35). The number of alkyl halides is 3. The molecule has 3 aromatic rings. The van der Waals surface area contributed by atoms with Crippen LogP contribution in [-0.2, 0) is 0 Å². The highest BCUT2D eigenvalue weighted by atomic mass is 35.5. The second kappa shape index (κ2) is 10.4. The molecule has 4 N–H and O–H groups in total. The molecule has 0 unspecified atom stereocenters. The normalized spacial score (nSPS) is 12.4. The number of rotatable bonds is 6. The molecule has 35 heavy (non-hydrogen) atoms. The number of anilines is 1. The van der Waals surface area contributed by atoms with Crippen LogP contribution in [0.15, 0.2) is 83.5 Å². The Balaban J connectivity index is 1.96. The number of hydrogen-bond acceptors (Lipinski definition) is 4. The van der Waals surface area contributed by atoms with Crippen LogP contribution in [0.1, 0.15) is 26.3 Å². The first-order chi connectivity index (χ1) is 16.5. The number of nitrogens with zero attached hydrogens (tertiary/aromatic N) is 1. The first kappa shape index (κ1) is 25.4. The Morgan fingerprint density at radius 3 is 2.23 bits per heavy atom. The van der Waals surface area contributed by atoms with Crippen molar-refractivity contribution < 1.29 is 32.3 Å². The number of allylic oxidation sites excluding steroid dienone is 2. The van der Waals surface area contributed by atoms with Gasteiger partial charge in [0.05, 0.1) is 27.7 Å². The van der Waals surface area contributed by atoms with Crippen LogP contribution in [0.2, 0.25) is 5.02 Å². The third-order valence-corrected chi connectivity index (χ3v) is 4.94. The number of nitrogens with two attached hydrogens (primary N) is 1. The van der Waals surface area contributed by atoms with E-state index >= 15 is 0 Å². The lowest BCUT2D eigenvalue weighted by atomic mass is 10.1. The number of benzene rings is 3. The SMILES string of the molecule is NC(=CC(=Nc1ccccc1Cl)c1ccc(C(=O)Nc2cc(F)ccc2C(=O)O)cc1)C(F)(F)F. The number of carboxylic acids is 1. The van der Waals surface area contributed by atoms with Gasteiger partial charge in [-0.3, -0.25) is 4.79 Å². The summed E-state index contributed by atoms with van der Waals surface area (Å²) in [6.45, 7) is 0. The van der Waals surface area contributed by atoms with Crippen molar-refractivity contribution in [3.8, 4) is 0 Å². The molecule has 3 rings (SSSR count). The molecule has 0 aromatic heterocycles. The summed E-state index contributed by atoms with van der Waals surface area (Å²) in [5.41, 5.74) is 3.45. The lowest BCUT2D eigenvalue weighted by Gasteiger charge is -2.11. The number of hydrogen-bond donors (Lipinski definition) is 3. The molecule has 0 radical (unpaired) electrons. The Bertz CT molecular complexity index is 1340. The second-order valence-corrected chi connectivity index (χ2v) is 7.48. The maximum Gasteiger partial charge on any atom is 0.430 e. The van der Waals surface area contributed by atoms with Gasteiger partial charge in [0.1, 0.15) is 11.5 Å². The molecule has 0 heterocycles. The largest absolute Gasteiger partial charge is 0.478 e. The first-order valence-corrected chi connectivity index (χ1v) is 10.2. The Labute approximate surface area is 201 Å². The molecule has 6 nitrogen and oxygen atoms in total. The smallest absolute Gasteiger partial charge is 0.430 e. The van der Waals surface area contributed by atoms with Crippen molar-refractivity contribution in [2.75, 3.05) is 5.32 Å². The maximum atomic E-state index is 13.5. The number of halogens is 5. The van der Waals surface area contributed by atoms with Crippen LogP contribution >= 0.6 is 11.6 Å². The van der Waals surface area contributed by atoms with Crippen LogP contribution in [0.3, 0.4) is 0 Å². The Hall–Kier alpha value is -4.18. The molecule has 0 saturated carbocycles. The summed E-state index contributed by atoms with van der Waals surface area (Å²) in [6, 6.07) is 14.3. The van der Waals surface area contributed by atoms with Crippen molar-refractivity contribution in [2.24, 2.45) is 10.7 Å². The minimum absolute atomic E-state index is 0.0271. The lowest BCUT2D eigenvalue weighted by molar-refractivity contribution is -0.0925. The molecule has 0 aliphatic rings. The molecule has 11 heteroatoms. The molecule has 0 aliphatic carbocycles. The van der Waals surface area contributed by atoms with E-state index in [1.807, 2.05) is 0 Å². The molecule has 0 saturated heterocycles. The number of carbonyl (C=O) groups excluding carboxylic acids is 1. The number of nitrogens with one attached hydrogen (secondary N) is 1. The van der Waals surface area contributed by atoms with Gasteiger partial charge in [-0.05, 0) is 48.5 Å². The summed E-state index contributed by atoms with van der Waals surface area (Å²) >= 11 is 6.07. The number of amides is 1. The number of carbonyl (C=O) groups is 2. The molecule has 0 aliphatic heterocycles. The summed E-state index contributed by atoms with van der Waals surface area (Å²) in [6.07, 6.45) is -4.15. The zero-order valence-electron chi connectivity index (χ0n) is 17.6. The zero-order chi connectivity index (χ0) is 25.8. The molecule has 1 amide bonds. The van der Waals surface area contributed by atoms with Gasteiger partial charge in [-0.1, -0.05) is 35.9 Å². The van der Waals surface area contributed by atoms with E-state index in [1.165, 1.54) is 36.4 Å². The summed E-state index contributed by atoms with van der Waals surface area (Å²) < 4.78 is 52.7. The first-order valence-electron chi connectivity index (χ1n) is 9.78. The van der Waals surface area contributed by atoms with Gasteiger partial charge >= 0.3 is 12.1 Å². The minimum Gasteiger partial charge on any atom is -0.478 e. The van der Waals surface area contributed by atoms with E-state index < -0.39 is 29.6 Å². The highest BCUT2D eigenvalue weighted by Crippen LogP contribution is 2.27. The van der Waals surface area contributed by atoms with Crippen LogP contribution in [0.4, 0.5) is 28.9 Å². The predicted molar refractivity (Wildman–Crippen MR) is 124 cm³/mol. The molecule has 3 aromatic carbocycles. The quantitative estimate of drug-likeness (QED) is 0.284. The van der Waals surface area contributed by atoms with E-state index in [9.17, 15) is 32.3 Å². The molecule has 0 bridgehead atoms. The van der Waals surface area contributed by atoms with Crippen LogP contribution in [0.5, 0.6) is 0 Å². The maximum absolute atomic E-state index is 13.5. The molecule has 0 spiro atoms. The molecular weight excluding hydrogens is 490 g/mol. The van der Waals surface area contributed by atoms with Crippen molar-refractivity contribution in [3.05, 3.63) is 106 Å². The fourth-order valence-electron chi connectivity index (χ4n) is 2.87. The monoisotopic (exact) mass is 505 g/mol. The third kappa shape index (κ3) is 6.45. The molecule has 0 atom stereocenters. The summed E-state index contributed by atoms with van der Waals surface area (Å²) in [4.78, 5) is 28.1. The van der Waals surface area contributed by atoms with Crippen molar-refractivity contribution >= 4 is 40.6 Å². The minimum atomic E-state index is -4.80. The Kier molecular flexibility index (Phi) is 7.55. The van der Waals surface area contributed by atoms with Crippen LogP contribution in [-0.4, -0.2) is 28.9 Å². The number of para-hydroxylation sites is 1. The van der Waals surface area contributed by atoms with Gasteiger partial charge in [0, 0.05) is 11.1 Å². The van der Waals surface area contributed by atoms with Gasteiger partial charge < -0.3 is 16.2 Å². The predicted octanol–water partition coefficient (Wildman–Crippen LogP) is 5.96. The van der Waals surface area contributed by atoms with Gasteiger partial charge in [-0.2, -0.15) is 13.2 Å². The number of aliphatic imine (C=N–C) groups is 1. The average Bonchev–Trinajstić information content (AvgIpc) is 2.79. The third-order valence-electron chi connectivity index (χ3n) is 4.62. The van der Waals surface area contributed by atoms with Gasteiger partial charge in [-0.25, -0.2) is 14.2 Å². The molecule has 0 fully saturated rings. The van der Waals surface area contributed by atoms with Crippen molar-refractivity contribution in [3.63, 3.8) is 0 Å². The van der Waals surface area contributed by atoms with E-state index in [-0.39, 0.29) is 38.8 Å². The van der Waals surface area contributed by atoms with Gasteiger partial charge in [0.15, 0.2) is 0 Å². The Morgan fingerprint density at radius 1 is 1.00 bits per heavy atom. The van der Waals surface area contributed by atoms with E-state index in [1.54, 1.807) is 12.1 Å². The van der Waals surface area contributed by atoms with Gasteiger partial charge in [0.25, 0.3) is 5.91 Å². The molecular formula is C24H16ClF4N3O3. The average molecular weight is 506 g/mol. The van der Waals surface area contributed by atoms with Crippen LogP contribution < -0.4 is 11.1 Å². The van der Waals surface area contributed by atoms with E-state index in [4.69, 9.17) is 17.3 Å². The zero-order valence-corrected chi connectivity index (χ0v) is 18.4. The highest BCUT2D eigenvalue weighted by molar-refractivity contribution is 6.33. The van der Waals surface area contributed by atoms with Crippen molar-refractivity contribution in [1.82, 2.24) is 0 Å². The summed E-state index contributed by atoms with van der Waals surface area (Å²) in [5.74, 6) is -2.89. The van der Waals surface area contributed by atoms with Gasteiger partial charge in [-0.15, -0.1) is 0 Å². The van der Waals surface area contributed by atoms with Crippen LogP contribution in [0.25, 0.3) is 0 Å². The van der Waals surface area contributed by atoms with Gasteiger partial charge in [0.2, 0.25) is 0 Å². The van der Waals surface area contributed by atoms with Crippen molar-refractivity contribution in [2.45, 2.75) is 6.18 Å². The molecule has 180 valence electrons. The van der Waals surface area contributed by atoms with Crippen molar-refractivity contribution in [1.29, 1.82) is 0 Å².